The van der Waals surface area contributed by atoms with Gasteiger partial charge in [-0.05, 0) is 45.0 Å². The lowest BCUT2D eigenvalue weighted by Crippen LogP contribution is -2.27. The molecule has 0 saturated heterocycles. The summed E-state index contributed by atoms with van der Waals surface area (Å²) in [6, 6.07) is 9.58. The standard InChI is InChI=1S/C22H20Cl3NO5/c1-22(2,3)31-20(27)11-26-16-7-13(24)9-18(14(16)10-17(26)21(28)29-4)30-19-8-12(23)5-6-15(19)25/h5-10H,11H2,1-4H3. The third kappa shape index (κ3) is 5.45. The van der Waals surface area contributed by atoms with E-state index in [0.717, 1.165) is 0 Å². The van der Waals surface area contributed by atoms with Gasteiger partial charge >= 0.3 is 11.9 Å². The average molecular weight is 485 g/mol. The van der Waals surface area contributed by atoms with E-state index in [2.05, 4.69) is 0 Å². The Labute approximate surface area is 194 Å². The van der Waals surface area contributed by atoms with Crippen LogP contribution in [0.5, 0.6) is 11.5 Å². The number of ether oxygens (including phenoxy) is 3. The molecule has 3 aromatic rings. The number of hydrogen-bond donors (Lipinski definition) is 0. The van der Waals surface area contributed by atoms with Crippen LogP contribution in [0.4, 0.5) is 0 Å². The van der Waals surface area contributed by atoms with Gasteiger partial charge in [0.15, 0.2) is 0 Å². The van der Waals surface area contributed by atoms with Gasteiger partial charge in [0.2, 0.25) is 0 Å². The molecule has 0 fully saturated rings. The number of carbonyl (C=O) groups is 2. The summed E-state index contributed by atoms with van der Waals surface area (Å²) in [7, 11) is 1.26. The molecule has 0 bridgehead atoms. The summed E-state index contributed by atoms with van der Waals surface area (Å²) < 4.78 is 17.7. The molecule has 0 aliphatic rings. The third-order valence-corrected chi connectivity index (χ3v) is 4.93. The van der Waals surface area contributed by atoms with Gasteiger partial charge in [-0.15, -0.1) is 0 Å². The first-order valence-corrected chi connectivity index (χ1v) is 10.4. The first-order chi connectivity index (χ1) is 14.5. The number of benzene rings is 2. The van der Waals surface area contributed by atoms with Gasteiger partial charge in [-0.1, -0.05) is 34.8 Å². The van der Waals surface area contributed by atoms with Crippen LogP contribution in [0.15, 0.2) is 36.4 Å². The molecule has 6 nitrogen and oxygen atoms in total. The number of hydrogen-bond acceptors (Lipinski definition) is 5. The fourth-order valence-corrected chi connectivity index (χ4v) is 3.52. The largest absolute Gasteiger partial charge is 0.464 e. The van der Waals surface area contributed by atoms with Crippen LogP contribution in [0.25, 0.3) is 10.9 Å². The molecule has 1 heterocycles. The highest BCUT2D eigenvalue weighted by Crippen LogP contribution is 2.38. The zero-order valence-electron chi connectivity index (χ0n) is 17.3. The van der Waals surface area contributed by atoms with E-state index in [1.165, 1.54) is 11.7 Å². The summed E-state index contributed by atoms with van der Waals surface area (Å²) in [6.45, 7) is 5.06. The van der Waals surface area contributed by atoms with Crippen molar-refractivity contribution in [2.45, 2.75) is 32.9 Å². The number of methoxy groups -OCH3 is 1. The highest BCUT2D eigenvalue weighted by molar-refractivity contribution is 6.34. The van der Waals surface area contributed by atoms with Crippen LogP contribution in [-0.4, -0.2) is 29.2 Å². The Hall–Kier alpha value is -2.41. The highest BCUT2D eigenvalue weighted by Gasteiger charge is 2.24. The molecule has 0 spiro atoms. The maximum absolute atomic E-state index is 12.5. The predicted octanol–water partition coefficient (Wildman–Crippen LogP) is 6.52. The monoisotopic (exact) mass is 483 g/mol. The molecule has 1 aromatic heterocycles. The maximum Gasteiger partial charge on any atom is 0.354 e. The van der Waals surface area contributed by atoms with Crippen molar-refractivity contribution in [3.05, 3.63) is 57.2 Å². The average Bonchev–Trinajstić information content (AvgIpc) is 3.01. The molecule has 0 radical (unpaired) electrons. The molecule has 31 heavy (non-hydrogen) atoms. The van der Waals surface area contributed by atoms with Crippen LogP contribution >= 0.6 is 34.8 Å². The van der Waals surface area contributed by atoms with E-state index in [1.54, 1.807) is 57.2 Å². The number of esters is 2. The van der Waals surface area contributed by atoms with E-state index < -0.39 is 17.5 Å². The first-order valence-electron chi connectivity index (χ1n) is 9.24. The summed E-state index contributed by atoms with van der Waals surface area (Å²) in [5.41, 5.74) is -0.0414. The summed E-state index contributed by atoms with van der Waals surface area (Å²) >= 11 is 18.6. The van der Waals surface area contributed by atoms with Gasteiger partial charge in [0, 0.05) is 27.6 Å². The minimum absolute atomic E-state index is 0.146. The first kappa shape index (κ1) is 23.3. The molecule has 0 aliphatic carbocycles. The fraction of sp³-hybridized carbons (Fsp3) is 0.273. The van der Waals surface area contributed by atoms with Crippen LogP contribution in [0.3, 0.4) is 0 Å². The van der Waals surface area contributed by atoms with Gasteiger partial charge in [-0.2, -0.15) is 0 Å². The van der Waals surface area contributed by atoms with Crippen molar-refractivity contribution in [3.63, 3.8) is 0 Å². The number of halogens is 3. The van der Waals surface area contributed by atoms with Gasteiger partial charge in [0.05, 0.1) is 17.6 Å². The van der Waals surface area contributed by atoms with Crippen molar-refractivity contribution in [2.24, 2.45) is 0 Å². The van der Waals surface area contributed by atoms with E-state index in [4.69, 9.17) is 49.0 Å². The lowest BCUT2D eigenvalue weighted by Gasteiger charge is -2.20. The fourth-order valence-electron chi connectivity index (χ4n) is 3.00. The minimum atomic E-state index is -0.680. The summed E-state index contributed by atoms with van der Waals surface area (Å²) in [4.78, 5) is 24.9. The van der Waals surface area contributed by atoms with Crippen LogP contribution in [0, 0.1) is 0 Å². The number of nitrogens with zero attached hydrogens (tertiary/aromatic N) is 1. The zero-order valence-corrected chi connectivity index (χ0v) is 19.6. The summed E-state index contributed by atoms with van der Waals surface area (Å²) in [5.74, 6) is -0.491. The Morgan fingerprint density at radius 1 is 0.968 bits per heavy atom. The van der Waals surface area contributed by atoms with Crippen LogP contribution in [0.2, 0.25) is 15.1 Å². The zero-order chi connectivity index (χ0) is 22.9. The van der Waals surface area contributed by atoms with Gasteiger partial charge in [-0.25, -0.2) is 4.79 Å². The van der Waals surface area contributed by atoms with Crippen molar-refractivity contribution in [1.82, 2.24) is 4.57 Å². The molecule has 0 aliphatic heterocycles. The molecule has 0 atom stereocenters. The van der Waals surface area contributed by atoms with Crippen LogP contribution in [-0.2, 0) is 20.8 Å². The normalized spacial score (nSPS) is 11.5. The molecular formula is C22H20Cl3NO5. The molecule has 0 unspecified atom stereocenters. The predicted molar refractivity (Wildman–Crippen MR) is 121 cm³/mol. The second kappa shape index (κ2) is 8.99. The lowest BCUT2D eigenvalue weighted by atomic mass is 10.2. The summed E-state index contributed by atoms with van der Waals surface area (Å²) in [5, 5.41) is 1.65. The minimum Gasteiger partial charge on any atom is -0.464 e. The van der Waals surface area contributed by atoms with E-state index >= 15 is 0 Å². The van der Waals surface area contributed by atoms with E-state index in [-0.39, 0.29) is 12.2 Å². The van der Waals surface area contributed by atoms with Crippen molar-refractivity contribution >= 4 is 57.6 Å². The van der Waals surface area contributed by atoms with Crippen molar-refractivity contribution < 1.29 is 23.8 Å². The highest BCUT2D eigenvalue weighted by atomic mass is 35.5. The van der Waals surface area contributed by atoms with Gasteiger partial charge in [-0.3, -0.25) is 4.79 Å². The van der Waals surface area contributed by atoms with Crippen LogP contribution < -0.4 is 4.74 Å². The number of rotatable bonds is 5. The SMILES string of the molecule is COC(=O)c1cc2c(Oc3cc(Cl)ccc3Cl)cc(Cl)cc2n1CC(=O)OC(C)(C)C. The maximum atomic E-state index is 12.5. The Kier molecular flexibility index (Phi) is 6.74. The van der Waals surface area contributed by atoms with Crippen LogP contribution in [0.1, 0.15) is 31.3 Å². The molecular weight excluding hydrogens is 465 g/mol. The second-order valence-electron chi connectivity index (χ2n) is 7.71. The van der Waals surface area contributed by atoms with Crippen molar-refractivity contribution in [1.29, 1.82) is 0 Å². The van der Waals surface area contributed by atoms with Crippen molar-refractivity contribution in [3.8, 4) is 11.5 Å². The Bertz CT molecular complexity index is 1160. The summed E-state index contributed by atoms with van der Waals surface area (Å²) in [6.07, 6.45) is 0. The molecule has 0 N–H and O–H groups in total. The molecule has 0 amide bonds. The molecule has 0 saturated carbocycles. The van der Waals surface area contributed by atoms with E-state index in [0.29, 0.717) is 37.5 Å². The number of carbonyl (C=O) groups excluding carboxylic acids is 2. The Balaban J connectivity index is 2.14. The number of fused-ring (bicyclic) bond motifs is 1. The number of aromatic nitrogens is 1. The Morgan fingerprint density at radius 2 is 1.65 bits per heavy atom. The van der Waals surface area contributed by atoms with E-state index in [1.807, 2.05) is 0 Å². The molecule has 164 valence electrons. The molecule has 3 rings (SSSR count). The lowest BCUT2D eigenvalue weighted by molar-refractivity contribution is -0.155. The van der Waals surface area contributed by atoms with Gasteiger partial charge in [0.1, 0.15) is 29.3 Å². The van der Waals surface area contributed by atoms with Gasteiger partial charge < -0.3 is 18.8 Å². The second-order valence-corrected chi connectivity index (χ2v) is 8.99. The smallest absolute Gasteiger partial charge is 0.354 e. The van der Waals surface area contributed by atoms with Gasteiger partial charge in [0.25, 0.3) is 0 Å². The Morgan fingerprint density at radius 3 is 2.29 bits per heavy atom. The van der Waals surface area contributed by atoms with Crippen molar-refractivity contribution in [2.75, 3.05) is 7.11 Å². The third-order valence-electron chi connectivity index (χ3n) is 4.16. The molecule has 2 aromatic carbocycles. The quantitative estimate of drug-likeness (QED) is 0.386. The topological polar surface area (TPSA) is 66.8 Å². The molecule has 9 heteroatoms. The van der Waals surface area contributed by atoms with E-state index in [9.17, 15) is 9.59 Å².